The third-order valence-corrected chi connectivity index (χ3v) is 3.13. The number of aliphatic hydroxyl groups excluding tert-OH is 2. The summed E-state index contributed by atoms with van der Waals surface area (Å²) in [6.07, 6.45) is -1.91. The van der Waals surface area contributed by atoms with Gasteiger partial charge in [0.15, 0.2) is 6.29 Å². The molecule has 1 aromatic carbocycles. The average molecular weight is 281 g/mol. The molecule has 110 valence electrons. The van der Waals surface area contributed by atoms with Crippen LogP contribution in [0, 0.1) is 0 Å². The van der Waals surface area contributed by atoms with Crippen molar-refractivity contribution >= 4 is 6.09 Å². The maximum absolute atomic E-state index is 11.5. The van der Waals surface area contributed by atoms with Gasteiger partial charge < -0.3 is 25.0 Å². The zero-order chi connectivity index (χ0) is 14.4. The summed E-state index contributed by atoms with van der Waals surface area (Å²) in [5.41, 5.74) is 0.895. The van der Waals surface area contributed by atoms with E-state index >= 15 is 0 Å². The molecule has 3 atom stereocenters. The van der Waals surface area contributed by atoms with Gasteiger partial charge >= 0.3 is 6.09 Å². The minimum atomic E-state index is -0.884. The summed E-state index contributed by atoms with van der Waals surface area (Å²) in [5, 5.41) is 21.5. The molecule has 1 amide bonds. The molecule has 20 heavy (non-hydrogen) atoms. The number of carbonyl (C=O) groups is 1. The largest absolute Gasteiger partial charge is 0.445 e. The number of benzene rings is 1. The molecule has 1 fully saturated rings. The van der Waals surface area contributed by atoms with Gasteiger partial charge in [-0.1, -0.05) is 30.3 Å². The number of rotatable bonds is 4. The Hall–Kier alpha value is -1.63. The number of amides is 1. The third-order valence-electron chi connectivity index (χ3n) is 3.13. The monoisotopic (exact) mass is 281 g/mol. The van der Waals surface area contributed by atoms with Crippen molar-refractivity contribution in [2.75, 3.05) is 6.54 Å². The van der Waals surface area contributed by atoms with Gasteiger partial charge in [0, 0.05) is 13.0 Å². The summed E-state index contributed by atoms with van der Waals surface area (Å²) in [5.74, 6) is 0. The van der Waals surface area contributed by atoms with Gasteiger partial charge in [-0.3, -0.25) is 0 Å². The van der Waals surface area contributed by atoms with Crippen molar-refractivity contribution in [2.45, 2.75) is 37.9 Å². The van der Waals surface area contributed by atoms with Crippen molar-refractivity contribution in [2.24, 2.45) is 0 Å². The van der Waals surface area contributed by atoms with Gasteiger partial charge in [-0.15, -0.1) is 0 Å². The van der Waals surface area contributed by atoms with Crippen molar-refractivity contribution < 1.29 is 24.5 Å². The van der Waals surface area contributed by atoms with E-state index in [2.05, 4.69) is 5.32 Å². The highest BCUT2D eigenvalue weighted by atomic mass is 16.6. The van der Waals surface area contributed by atoms with E-state index < -0.39 is 24.6 Å². The van der Waals surface area contributed by atoms with Crippen LogP contribution in [0.2, 0.25) is 0 Å². The number of hydrogen-bond acceptors (Lipinski definition) is 5. The Morgan fingerprint density at radius 3 is 2.80 bits per heavy atom. The van der Waals surface area contributed by atoms with Gasteiger partial charge in [-0.2, -0.15) is 0 Å². The van der Waals surface area contributed by atoms with Crippen LogP contribution in [0.5, 0.6) is 0 Å². The van der Waals surface area contributed by atoms with Gasteiger partial charge in [0.2, 0.25) is 0 Å². The summed E-state index contributed by atoms with van der Waals surface area (Å²) in [7, 11) is 0. The maximum atomic E-state index is 11.5. The van der Waals surface area contributed by atoms with Crippen LogP contribution in [0.4, 0.5) is 4.79 Å². The molecule has 2 rings (SSSR count). The molecule has 0 spiro atoms. The summed E-state index contributed by atoms with van der Waals surface area (Å²) in [6, 6.07) is 9.33. The first-order valence-electron chi connectivity index (χ1n) is 6.61. The first-order chi connectivity index (χ1) is 9.65. The Kier molecular flexibility index (Phi) is 5.34. The van der Waals surface area contributed by atoms with Crippen LogP contribution in [-0.4, -0.2) is 41.3 Å². The van der Waals surface area contributed by atoms with Gasteiger partial charge in [-0.25, -0.2) is 4.79 Å². The summed E-state index contributed by atoms with van der Waals surface area (Å²) in [4.78, 5) is 11.5. The Morgan fingerprint density at radius 1 is 1.30 bits per heavy atom. The molecule has 3 N–H and O–H groups in total. The predicted octanol–water partition coefficient (Wildman–Crippen LogP) is 0.771. The lowest BCUT2D eigenvalue weighted by atomic mass is 10.1. The van der Waals surface area contributed by atoms with Gasteiger partial charge in [0.25, 0.3) is 0 Å². The molecule has 1 saturated heterocycles. The first-order valence-corrected chi connectivity index (χ1v) is 6.61. The number of carbonyl (C=O) groups excluding carboxylic acids is 1. The van der Waals surface area contributed by atoms with E-state index in [4.69, 9.17) is 9.47 Å². The molecular formula is C14H19NO5. The van der Waals surface area contributed by atoms with Crippen LogP contribution < -0.4 is 5.32 Å². The fourth-order valence-corrected chi connectivity index (χ4v) is 2.00. The quantitative estimate of drug-likeness (QED) is 0.758. The van der Waals surface area contributed by atoms with Crippen LogP contribution in [0.25, 0.3) is 0 Å². The topological polar surface area (TPSA) is 88.0 Å². The molecule has 0 bridgehead atoms. The van der Waals surface area contributed by atoms with E-state index in [1.165, 1.54) is 0 Å². The standard InChI is InChI=1S/C14H19NO5/c16-11-6-7-13(17)20-12(11)8-15-14(18)19-9-10-4-2-1-3-5-10/h1-5,11-13,16-17H,6-9H2,(H,15,18)/t11-,12-,13+/m1/s1. The van der Waals surface area contributed by atoms with E-state index in [0.29, 0.717) is 12.8 Å². The predicted molar refractivity (Wildman–Crippen MR) is 70.8 cm³/mol. The van der Waals surface area contributed by atoms with E-state index in [-0.39, 0.29) is 13.2 Å². The lowest BCUT2D eigenvalue weighted by Gasteiger charge is -2.31. The molecule has 0 aromatic heterocycles. The van der Waals surface area contributed by atoms with Crippen molar-refractivity contribution in [3.05, 3.63) is 35.9 Å². The highest BCUT2D eigenvalue weighted by Crippen LogP contribution is 2.17. The van der Waals surface area contributed by atoms with Crippen LogP contribution in [0.15, 0.2) is 30.3 Å². The minimum absolute atomic E-state index is 0.103. The molecule has 1 heterocycles. The van der Waals surface area contributed by atoms with Gasteiger partial charge in [0.1, 0.15) is 12.7 Å². The molecule has 0 saturated carbocycles. The van der Waals surface area contributed by atoms with E-state index in [9.17, 15) is 15.0 Å². The summed E-state index contributed by atoms with van der Waals surface area (Å²) >= 11 is 0. The fraction of sp³-hybridized carbons (Fsp3) is 0.500. The zero-order valence-electron chi connectivity index (χ0n) is 11.1. The highest BCUT2D eigenvalue weighted by molar-refractivity contribution is 5.67. The van der Waals surface area contributed by atoms with Crippen molar-refractivity contribution in [3.8, 4) is 0 Å². The molecule has 1 aliphatic heterocycles. The second-order valence-corrected chi connectivity index (χ2v) is 4.72. The second-order valence-electron chi connectivity index (χ2n) is 4.72. The zero-order valence-corrected chi connectivity index (χ0v) is 11.1. The second kappa shape index (κ2) is 7.23. The SMILES string of the molecule is O=C(NC[C@H]1O[C@H](O)CC[C@H]1O)OCc1ccccc1. The number of alkyl carbamates (subject to hydrolysis) is 1. The Balaban J connectivity index is 1.69. The Labute approximate surface area is 117 Å². The number of ether oxygens (including phenoxy) is 2. The Bertz CT molecular complexity index is 425. The number of aliphatic hydroxyl groups is 2. The molecule has 6 nitrogen and oxygen atoms in total. The summed E-state index contributed by atoms with van der Waals surface area (Å²) < 4.78 is 10.2. The number of hydrogen-bond donors (Lipinski definition) is 3. The normalized spacial score (nSPS) is 26.0. The molecule has 0 radical (unpaired) electrons. The number of nitrogens with one attached hydrogen (secondary N) is 1. The van der Waals surface area contributed by atoms with Crippen LogP contribution in [-0.2, 0) is 16.1 Å². The third kappa shape index (κ3) is 4.48. The first kappa shape index (κ1) is 14.8. The van der Waals surface area contributed by atoms with Gasteiger partial charge in [-0.05, 0) is 12.0 Å². The van der Waals surface area contributed by atoms with E-state index in [0.717, 1.165) is 5.56 Å². The highest BCUT2D eigenvalue weighted by Gasteiger charge is 2.29. The summed E-state index contributed by atoms with van der Waals surface area (Å²) in [6.45, 7) is 0.287. The van der Waals surface area contributed by atoms with E-state index in [1.807, 2.05) is 30.3 Å². The smallest absolute Gasteiger partial charge is 0.407 e. The van der Waals surface area contributed by atoms with Gasteiger partial charge in [0.05, 0.1) is 6.10 Å². The Morgan fingerprint density at radius 2 is 2.05 bits per heavy atom. The van der Waals surface area contributed by atoms with Crippen molar-refractivity contribution in [1.29, 1.82) is 0 Å². The lowest BCUT2D eigenvalue weighted by molar-refractivity contribution is -0.196. The molecule has 6 heteroatoms. The molecular weight excluding hydrogens is 262 g/mol. The van der Waals surface area contributed by atoms with Crippen LogP contribution in [0.1, 0.15) is 18.4 Å². The maximum Gasteiger partial charge on any atom is 0.407 e. The minimum Gasteiger partial charge on any atom is -0.445 e. The molecule has 0 aliphatic carbocycles. The van der Waals surface area contributed by atoms with Crippen LogP contribution >= 0.6 is 0 Å². The van der Waals surface area contributed by atoms with E-state index in [1.54, 1.807) is 0 Å². The van der Waals surface area contributed by atoms with Crippen molar-refractivity contribution in [1.82, 2.24) is 5.32 Å². The molecule has 1 aromatic rings. The average Bonchev–Trinajstić information content (AvgIpc) is 2.47. The van der Waals surface area contributed by atoms with Crippen molar-refractivity contribution in [3.63, 3.8) is 0 Å². The molecule has 0 unspecified atom stereocenters. The lowest BCUT2D eigenvalue weighted by Crippen LogP contribution is -2.46. The molecule has 1 aliphatic rings. The fourth-order valence-electron chi connectivity index (χ4n) is 2.00. The van der Waals surface area contributed by atoms with Crippen LogP contribution in [0.3, 0.4) is 0 Å².